The van der Waals surface area contributed by atoms with E-state index in [9.17, 15) is 8.42 Å². The van der Waals surface area contributed by atoms with Crippen molar-refractivity contribution in [3.8, 4) is 0 Å². The number of aromatic nitrogens is 2. The van der Waals surface area contributed by atoms with Crippen LogP contribution in [0.5, 0.6) is 0 Å². The number of sulfone groups is 1. The predicted octanol–water partition coefficient (Wildman–Crippen LogP) is 0.814. The second-order valence-electron chi connectivity index (χ2n) is 4.42. The molecule has 1 unspecified atom stereocenters. The summed E-state index contributed by atoms with van der Waals surface area (Å²) in [5, 5.41) is 7.41. The average molecular weight is 259 g/mol. The molecule has 0 radical (unpaired) electrons. The Morgan fingerprint density at radius 1 is 1.53 bits per heavy atom. The van der Waals surface area contributed by atoms with E-state index in [0.29, 0.717) is 6.42 Å². The van der Waals surface area contributed by atoms with Crippen molar-refractivity contribution in [1.29, 1.82) is 0 Å². The Kier molecular flexibility index (Phi) is 4.70. The van der Waals surface area contributed by atoms with Crippen LogP contribution in [0.25, 0.3) is 0 Å². The van der Waals surface area contributed by atoms with Gasteiger partial charge in [0.2, 0.25) is 0 Å². The molecular formula is C11H21N3O2S. The van der Waals surface area contributed by atoms with Gasteiger partial charge in [-0.25, -0.2) is 8.42 Å². The van der Waals surface area contributed by atoms with Gasteiger partial charge in [0.1, 0.15) is 9.84 Å². The normalized spacial score (nSPS) is 13.9. The van der Waals surface area contributed by atoms with E-state index in [1.54, 1.807) is 0 Å². The maximum absolute atomic E-state index is 11.1. The molecule has 98 valence electrons. The van der Waals surface area contributed by atoms with Gasteiger partial charge in [0.15, 0.2) is 0 Å². The zero-order valence-electron chi connectivity index (χ0n) is 10.9. The minimum absolute atomic E-state index is 0.172. The first kappa shape index (κ1) is 14.2. The van der Waals surface area contributed by atoms with Crippen LogP contribution in [0, 0.1) is 6.92 Å². The van der Waals surface area contributed by atoms with Gasteiger partial charge in [-0.3, -0.25) is 4.68 Å². The van der Waals surface area contributed by atoms with Gasteiger partial charge in [0.05, 0.1) is 6.20 Å². The average Bonchev–Trinajstić information content (AvgIpc) is 2.54. The first-order chi connectivity index (χ1) is 7.85. The fraction of sp³-hybridized carbons (Fsp3) is 0.727. The Balaban J connectivity index is 2.64. The van der Waals surface area contributed by atoms with Crippen LogP contribution in [0.3, 0.4) is 0 Å². The van der Waals surface area contributed by atoms with Gasteiger partial charge >= 0.3 is 0 Å². The molecule has 0 spiro atoms. The highest BCUT2D eigenvalue weighted by molar-refractivity contribution is 7.90. The standard InChI is InChI=1S/C11H21N3O2S/c1-9-10(8-13-14(9)3)11(12-2)6-5-7-17(4,15)16/h8,11-12H,5-7H2,1-4H3. The van der Waals surface area contributed by atoms with Crippen molar-refractivity contribution < 1.29 is 8.42 Å². The number of rotatable bonds is 6. The van der Waals surface area contributed by atoms with Crippen molar-refractivity contribution in [2.45, 2.75) is 25.8 Å². The van der Waals surface area contributed by atoms with Gasteiger partial charge in [0.25, 0.3) is 0 Å². The van der Waals surface area contributed by atoms with Crippen molar-refractivity contribution in [2.75, 3.05) is 19.1 Å². The maximum atomic E-state index is 11.1. The molecule has 1 aromatic rings. The van der Waals surface area contributed by atoms with E-state index in [1.807, 2.05) is 31.9 Å². The van der Waals surface area contributed by atoms with Gasteiger partial charge in [-0.1, -0.05) is 0 Å². The summed E-state index contributed by atoms with van der Waals surface area (Å²) in [7, 11) is 0.928. The molecule has 0 aliphatic carbocycles. The first-order valence-electron chi connectivity index (χ1n) is 5.68. The Bertz CT molecular complexity index is 465. The number of nitrogens with one attached hydrogen (secondary N) is 1. The van der Waals surface area contributed by atoms with E-state index in [1.165, 1.54) is 6.26 Å². The summed E-state index contributed by atoms with van der Waals surface area (Å²) in [6, 6.07) is 0.172. The molecule has 1 heterocycles. The highest BCUT2D eigenvalue weighted by Crippen LogP contribution is 2.21. The van der Waals surface area contributed by atoms with E-state index >= 15 is 0 Å². The highest BCUT2D eigenvalue weighted by Gasteiger charge is 2.15. The maximum Gasteiger partial charge on any atom is 0.147 e. The van der Waals surface area contributed by atoms with Crippen molar-refractivity contribution in [3.63, 3.8) is 0 Å². The molecule has 0 fully saturated rings. The predicted molar refractivity (Wildman–Crippen MR) is 68.7 cm³/mol. The summed E-state index contributed by atoms with van der Waals surface area (Å²) >= 11 is 0. The molecule has 0 amide bonds. The van der Waals surface area contributed by atoms with Gasteiger partial charge in [0, 0.05) is 36.4 Å². The zero-order chi connectivity index (χ0) is 13.1. The zero-order valence-corrected chi connectivity index (χ0v) is 11.7. The largest absolute Gasteiger partial charge is 0.313 e. The van der Waals surface area contributed by atoms with Crippen LogP contribution in [-0.4, -0.2) is 37.3 Å². The second kappa shape index (κ2) is 5.64. The molecule has 0 saturated carbocycles. The smallest absolute Gasteiger partial charge is 0.147 e. The van der Waals surface area contributed by atoms with E-state index in [2.05, 4.69) is 10.4 Å². The lowest BCUT2D eigenvalue weighted by molar-refractivity contribution is 0.533. The van der Waals surface area contributed by atoms with Crippen LogP contribution in [-0.2, 0) is 16.9 Å². The van der Waals surface area contributed by atoms with E-state index in [-0.39, 0.29) is 11.8 Å². The van der Waals surface area contributed by atoms with Gasteiger partial charge in [-0.2, -0.15) is 5.10 Å². The number of nitrogens with zero attached hydrogens (tertiary/aromatic N) is 2. The third-order valence-electron chi connectivity index (χ3n) is 3.01. The van der Waals surface area contributed by atoms with Crippen LogP contribution in [0.15, 0.2) is 6.20 Å². The van der Waals surface area contributed by atoms with Crippen molar-refractivity contribution in [2.24, 2.45) is 7.05 Å². The second-order valence-corrected chi connectivity index (χ2v) is 6.68. The Labute approximate surface area is 103 Å². The van der Waals surface area contributed by atoms with Crippen molar-refractivity contribution >= 4 is 9.84 Å². The third kappa shape index (κ3) is 4.12. The molecule has 1 atom stereocenters. The molecule has 1 N–H and O–H groups in total. The highest BCUT2D eigenvalue weighted by atomic mass is 32.2. The monoisotopic (exact) mass is 259 g/mol. The van der Waals surface area contributed by atoms with Crippen LogP contribution < -0.4 is 5.32 Å². The Morgan fingerprint density at radius 2 is 2.18 bits per heavy atom. The molecular weight excluding hydrogens is 238 g/mol. The molecule has 0 bridgehead atoms. The quantitative estimate of drug-likeness (QED) is 0.821. The molecule has 0 aliphatic rings. The van der Waals surface area contributed by atoms with E-state index < -0.39 is 9.84 Å². The van der Waals surface area contributed by atoms with Crippen molar-refractivity contribution in [1.82, 2.24) is 15.1 Å². The fourth-order valence-corrected chi connectivity index (χ4v) is 2.55. The van der Waals surface area contributed by atoms with E-state index in [4.69, 9.17) is 0 Å². The molecule has 17 heavy (non-hydrogen) atoms. The minimum Gasteiger partial charge on any atom is -0.313 e. The molecule has 0 aromatic carbocycles. The minimum atomic E-state index is -2.86. The first-order valence-corrected chi connectivity index (χ1v) is 7.74. The Morgan fingerprint density at radius 3 is 2.59 bits per heavy atom. The lowest BCUT2D eigenvalue weighted by Gasteiger charge is -2.15. The Hall–Kier alpha value is -0.880. The molecule has 6 heteroatoms. The van der Waals surface area contributed by atoms with Crippen molar-refractivity contribution in [3.05, 3.63) is 17.5 Å². The van der Waals surface area contributed by atoms with Crippen LogP contribution in [0.2, 0.25) is 0 Å². The fourth-order valence-electron chi connectivity index (χ4n) is 1.86. The number of hydrogen-bond acceptors (Lipinski definition) is 4. The summed E-state index contributed by atoms with van der Waals surface area (Å²) in [5.41, 5.74) is 2.26. The molecule has 5 nitrogen and oxygen atoms in total. The number of aryl methyl sites for hydroxylation is 1. The summed E-state index contributed by atoms with van der Waals surface area (Å²) < 4.78 is 24.0. The van der Waals surface area contributed by atoms with Crippen LogP contribution in [0.4, 0.5) is 0 Å². The lowest BCUT2D eigenvalue weighted by Crippen LogP contribution is -2.18. The van der Waals surface area contributed by atoms with Gasteiger partial charge in [-0.05, 0) is 26.8 Å². The number of hydrogen-bond donors (Lipinski definition) is 1. The van der Waals surface area contributed by atoms with Crippen LogP contribution >= 0.6 is 0 Å². The molecule has 0 aliphatic heterocycles. The summed E-state index contributed by atoms with van der Waals surface area (Å²) in [5.74, 6) is 0.241. The summed E-state index contributed by atoms with van der Waals surface area (Å²) in [6.07, 6.45) is 4.59. The van der Waals surface area contributed by atoms with Crippen LogP contribution in [0.1, 0.15) is 30.1 Å². The topological polar surface area (TPSA) is 64.0 Å². The van der Waals surface area contributed by atoms with E-state index in [0.717, 1.165) is 17.7 Å². The molecule has 1 aromatic heterocycles. The molecule has 0 saturated heterocycles. The summed E-state index contributed by atoms with van der Waals surface area (Å²) in [6.45, 7) is 2.02. The SMILES string of the molecule is CNC(CCCS(C)(=O)=O)c1cnn(C)c1C. The molecule has 1 rings (SSSR count). The lowest BCUT2D eigenvalue weighted by atomic mass is 10.0. The van der Waals surface area contributed by atoms with Gasteiger partial charge < -0.3 is 5.32 Å². The van der Waals surface area contributed by atoms with Gasteiger partial charge in [-0.15, -0.1) is 0 Å². The summed E-state index contributed by atoms with van der Waals surface area (Å²) in [4.78, 5) is 0. The third-order valence-corrected chi connectivity index (χ3v) is 4.04.